The van der Waals surface area contributed by atoms with Gasteiger partial charge in [-0.15, -0.1) is 5.10 Å². The molecule has 0 aromatic carbocycles. The summed E-state index contributed by atoms with van der Waals surface area (Å²) in [5.74, 6) is 0. The Bertz CT molecular complexity index is 448. The molecule has 0 fully saturated rings. The number of hydrogen-bond acceptors (Lipinski definition) is 5. The Balaban J connectivity index is 2.08. The normalized spacial score (nSPS) is 13.2. The molecule has 0 aliphatic carbocycles. The minimum Gasteiger partial charge on any atom is -0.312 e. The van der Waals surface area contributed by atoms with Crippen molar-refractivity contribution in [1.29, 1.82) is 0 Å². The molecule has 0 aliphatic heterocycles. The van der Waals surface area contributed by atoms with E-state index in [1.165, 1.54) is 11.5 Å². The molecule has 1 unspecified atom stereocenters. The zero-order valence-electron chi connectivity index (χ0n) is 10.3. The fourth-order valence-corrected chi connectivity index (χ4v) is 2.27. The average molecular weight is 251 g/mol. The van der Waals surface area contributed by atoms with Crippen LogP contribution in [0.1, 0.15) is 36.5 Å². The van der Waals surface area contributed by atoms with Crippen molar-refractivity contribution in [3.05, 3.63) is 29.0 Å². The van der Waals surface area contributed by atoms with E-state index in [1.54, 1.807) is 0 Å². The maximum Gasteiger partial charge on any atom is 0.0669 e. The van der Waals surface area contributed by atoms with E-state index in [2.05, 4.69) is 39.9 Å². The van der Waals surface area contributed by atoms with Crippen molar-refractivity contribution in [2.45, 2.75) is 32.4 Å². The molecule has 0 bridgehead atoms. The van der Waals surface area contributed by atoms with Gasteiger partial charge in [0.05, 0.1) is 22.8 Å². The van der Waals surface area contributed by atoms with Crippen molar-refractivity contribution in [1.82, 2.24) is 24.7 Å². The highest BCUT2D eigenvalue weighted by Gasteiger charge is 2.14. The molecular formula is C11H17N5S. The van der Waals surface area contributed by atoms with Gasteiger partial charge in [-0.05, 0) is 38.5 Å². The smallest absolute Gasteiger partial charge is 0.0669 e. The highest BCUT2D eigenvalue weighted by atomic mass is 32.1. The van der Waals surface area contributed by atoms with Crippen molar-refractivity contribution in [3.8, 4) is 0 Å². The Morgan fingerprint density at radius 1 is 1.47 bits per heavy atom. The summed E-state index contributed by atoms with van der Waals surface area (Å²) < 4.78 is 5.87. The van der Waals surface area contributed by atoms with Gasteiger partial charge in [-0.1, -0.05) is 4.49 Å². The van der Waals surface area contributed by atoms with E-state index in [4.69, 9.17) is 0 Å². The topological polar surface area (TPSA) is 55.6 Å². The van der Waals surface area contributed by atoms with E-state index < -0.39 is 0 Å². The highest BCUT2D eigenvalue weighted by Crippen LogP contribution is 2.19. The fraction of sp³-hybridized carbons (Fsp3) is 0.545. The third kappa shape index (κ3) is 2.89. The maximum absolute atomic E-state index is 4.55. The molecule has 5 nitrogen and oxygen atoms in total. The summed E-state index contributed by atoms with van der Waals surface area (Å²) in [6.45, 7) is 4.25. The predicted molar refractivity (Wildman–Crippen MR) is 68.0 cm³/mol. The zero-order chi connectivity index (χ0) is 12.3. The van der Waals surface area contributed by atoms with Gasteiger partial charge in [0, 0.05) is 18.7 Å². The molecular weight excluding hydrogens is 234 g/mol. The minimum atomic E-state index is 0.241. The lowest BCUT2D eigenvalue weighted by molar-refractivity contribution is 0.516. The molecule has 0 saturated carbocycles. The van der Waals surface area contributed by atoms with E-state index in [-0.39, 0.29) is 6.04 Å². The Kier molecular flexibility index (Phi) is 3.86. The van der Waals surface area contributed by atoms with Crippen LogP contribution in [-0.2, 0) is 6.42 Å². The van der Waals surface area contributed by atoms with Crippen LogP contribution in [0.25, 0.3) is 0 Å². The van der Waals surface area contributed by atoms with Crippen LogP contribution in [0.3, 0.4) is 0 Å². The van der Waals surface area contributed by atoms with Gasteiger partial charge in [0.15, 0.2) is 0 Å². The second-order valence-corrected chi connectivity index (χ2v) is 5.06. The SMILES string of the molecule is CNC(Cc1ccn(C(C)C)n1)c1cnns1. The molecule has 2 aromatic rings. The summed E-state index contributed by atoms with van der Waals surface area (Å²) >= 11 is 1.43. The van der Waals surface area contributed by atoms with Crippen LogP contribution in [0.5, 0.6) is 0 Å². The standard InChI is InChI=1S/C11H17N5S/c1-8(2)16-5-4-9(14-16)6-10(12-3)11-7-13-15-17-11/h4-5,7-8,10,12H,6H2,1-3H3. The second kappa shape index (κ2) is 5.37. The minimum absolute atomic E-state index is 0.241. The van der Waals surface area contributed by atoms with E-state index in [0.717, 1.165) is 17.0 Å². The molecule has 0 aliphatic rings. The summed E-state index contributed by atoms with van der Waals surface area (Å²) in [5, 5.41) is 11.7. The van der Waals surface area contributed by atoms with Gasteiger partial charge in [0.25, 0.3) is 0 Å². The van der Waals surface area contributed by atoms with Crippen molar-refractivity contribution in [2.75, 3.05) is 7.05 Å². The summed E-state index contributed by atoms with van der Waals surface area (Å²) in [4.78, 5) is 1.14. The van der Waals surface area contributed by atoms with Crippen molar-refractivity contribution >= 4 is 11.5 Å². The number of likely N-dealkylation sites (N-methyl/N-ethyl adjacent to an activating group) is 1. The molecule has 92 valence electrons. The monoisotopic (exact) mass is 251 g/mol. The first-order chi connectivity index (χ1) is 8.20. The van der Waals surface area contributed by atoms with Gasteiger partial charge >= 0.3 is 0 Å². The van der Waals surface area contributed by atoms with Crippen molar-refractivity contribution in [2.24, 2.45) is 0 Å². The van der Waals surface area contributed by atoms with Gasteiger partial charge in [0.2, 0.25) is 0 Å². The van der Waals surface area contributed by atoms with Crippen LogP contribution in [0.2, 0.25) is 0 Å². The van der Waals surface area contributed by atoms with Gasteiger partial charge < -0.3 is 5.32 Å². The molecule has 1 N–H and O–H groups in total. The molecule has 0 saturated heterocycles. The molecule has 0 radical (unpaired) electrons. The lowest BCUT2D eigenvalue weighted by Crippen LogP contribution is -2.18. The number of aromatic nitrogens is 4. The van der Waals surface area contributed by atoms with Crippen LogP contribution < -0.4 is 5.32 Å². The summed E-state index contributed by atoms with van der Waals surface area (Å²) in [6.07, 6.45) is 4.70. The number of nitrogens with one attached hydrogen (secondary N) is 1. The molecule has 0 spiro atoms. The largest absolute Gasteiger partial charge is 0.312 e. The molecule has 17 heavy (non-hydrogen) atoms. The highest BCUT2D eigenvalue weighted by molar-refractivity contribution is 7.05. The van der Waals surface area contributed by atoms with E-state index in [9.17, 15) is 0 Å². The van der Waals surface area contributed by atoms with E-state index in [1.807, 2.05) is 24.1 Å². The van der Waals surface area contributed by atoms with Gasteiger partial charge in [-0.25, -0.2) is 0 Å². The fourth-order valence-electron chi connectivity index (χ4n) is 1.66. The molecule has 6 heteroatoms. The number of nitrogens with zero attached hydrogens (tertiary/aromatic N) is 4. The zero-order valence-corrected chi connectivity index (χ0v) is 11.1. The van der Waals surface area contributed by atoms with Crippen LogP contribution in [0.4, 0.5) is 0 Å². The first kappa shape index (κ1) is 12.2. The third-order valence-corrected chi connectivity index (χ3v) is 3.45. The van der Waals surface area contributed by atoms with Crippen LogP contribution in [0, 0.1) is 0 Å². The van der Waals surface area contributed by atoms with E-state index >= 15 is 0 Å². The molecule has 0 amide bonds. The predicted octanol–water partition coefficient (Wildman–Crippen LogP) is 1.82. The summed E-state index contributed by atoms with van der Waals surface area (Å²) in [6, 6.07) is 2.71. The second-order valence-electron chi connectivity index (χ2n) is 4.25. The maximum atomic E-state index is 4.55. The lowest BCUT2D eigenvalue weighted by Gasteiger charge is -2.11. The number of rotatable bonds is 5. The van der Waals surface area contributed by atoms with Gasteiger partial charge in [0.1, 0.15) is 0 Å². The van der Waals surface area contributed by atoms with Crippen LogP contribution >= 0.6 is 11.5 Å². The third-order valence-electron chi connectivity index (χ3n) is 2.68. The molecule has 2 heterocycles. The first-order valence-electron chi connectivity index (χ1n) is 5.69. The Hall–Kier alpha value is -1.27. The van der Waals surface area contributed by atoms with E-state index in [0.29, 0.717) is 6.04 Å². The quantitative estimate of drug-likeness (QED) is 0.880. The van der Waals surface area contributed by atoms with Crippen LogP contribution in [-0.4, -0.2) is 26.4 Å². The van der Waals surface area contributed by atoms with Crippen LogP contribution in [0.15, 0.2) is 18.5 Å². The van der Waals surface area contributed by atoms with Gasteiger partial charge in [-0.3, -0.25) is 4.68 Å². The Morgan fingerprint density at radius 2 is 2.29 bits per heavy atom. The van der Waals surface area contributed by atoms with Gasteiger partial charge in [-0.2, -0.15) is 5.10 Å². The Labute approximate surface area is 105 Å². The molecule has 2 rings (SSSR count). The first-order valence-corrected chi connectivity index (χ1v) is 6.46. The Morgan fingerprint density at radius 3 is 2.82 bits per heavy atom. The molecule has 1 atom stereocenters. The molecule has 2 aromatic heterocycles. The lowest BCUT2D eigenvalue weighted by atomic mass is 10.1. The van der Waals surface area contributed by atoms with Crippen molar-refractivity contribution in [3.63, 3.8) is 0 Å². The van der Waals surface area contributed by atoms with Crippen molar-refractivity contribution < 1.29 is 0 Å². The summed E-state index contributed by atoms with van der Waals surface area (Å²) in [7, 11) is 1.95. The average Bonchev–Trinajstić information content (AvgIpc) is 2.96. The number of hydrogen-bond donors (Lipinski definition) is 1. The summed E-state index contributed by atoms with van der Waals surface area (Å²) in [5.41, 5.74) is 1.09.